The minimum absolute atomic E-state index is 0.214. The van der Waals surface area contributed by atoms with Crippen LogP contribution in [0.4, 0.5) is 0 Å². The average molecular weight is 208 g/mol. The highest BCUT2D eigenvalue weighted by Gasteiger charge is 2.19. The Balaban J connectivity index is 1.83. The van der Waals surface area contributed by atoms with Crippen molar-refractivity contribution < 1.29 is 14.9 Å². The molecule has 0 spiro atoms. The zero-order chi connectivity index (χ0) is 10.7. The van der Waals surface area contributed by atoms with E-state index in [2.05, 4.69) is 0 Å². The zero-order valence-corrected chi connectivity index (χ0v) is 8.60. The lowest BCUT2D eigenvalue weighted by Crippen LogP contribution is -2.24. The fourth-order valence-electron chi connectivity index (χ4n) is 1.56. The minimum atomic E-state index is -0.591. The lowest BCUT2D eigenvalue weighted by Gasteiger charge is -2.26. The second kappa shape index (κ2) is 4.64. The van der Waals surface area contributed by atoms with Crippen LogP contribution in [0.1, 0.15) is 30.9 Å². The van der Waals surface area contributed by atoms with Gasteiger partial charge < -0.3 is 14.9 Å². The van der Waals surface area contributed by atoms with Gasteiger partial charge in [0.15, 0.2) is 0 Å². The van der Waals surface area contributed by atoms with Crippen LogP contribution in [0.25, 0.3) is 0 Å². The molecule has 1 saturated carbocycles. The Bertz CT molecular complexity index is 303. The van der Waals surface area contributed by atoms with Crippen molar-refractivity contribution in [2.75, 3.05) is 6.61 Å². The van der Waals surface area contributed by atoms with E-state index in [0.29, 0.717) is 12.7 Å². The van der Waals surface area contributed by atoms with E-state index in [0.717, 1.165) is 18.4 Å². The fourth-order valence-corrected chi connectivity index (χ4v) is 1.56. The van der Waals surface area contributed by atoms with Crippen LogP contribution < -0.4 is 0 Å². The van der Waals surface area contributed by atoms with Crippen molar-refractivity contribution in [3.8, 4) is 5.75 Å². The molecule has 0 amide bonds. The summed E-state index contributed by atoms with van der Waals surface area (Å²) in [6.45, 7) is 0.343. The maximum absolute atomic E-state index is 9.77. The molecule has 1 fully saturated rings. The van der Waals surface area contributed by atoms with Gasteiger partial charge in [0.2, 0.25) is 0 Å². The van der Waals surface area contributed by atoms with Gasteiger partial charge in [0.25, 0.3) is 0 Å². The number of phenols is 1. The van der Waals surface area contributed by atoms with Gasteiger partial charge in [-0.1, -0.05) is 12.1 Å². The van der Waals surface area contributed by atoms with Crippen molar-refractivity contribution in [3.63, 3.8) is 0 Å². The molecule has 0 radical (unpaired) electrons. The molecular formula is C12H16O3. The van der Waals surface area contributed by atoms with E-state index >= 15 is 0 Å². The van der Waals surface area contributed by atoms with Crippen molar-refractivity contribution in [1.29, 1.82) is 0 Å². The summed E-state index contributed by atoms with van der Waals surface area (Å²) >= 11 is 0. The molecule has 0 aliphatic heterocycles. The van der Waals surface area contributed by atoms with Crippen LogP contribution in [0, 0.1) is 0 Å². The largest absolute Gasteiger partial charge is 0.508 e. The summed E-state index contributed by atoms with van der Waals surface area (Å²) in [6.07, 6.45) is 3.22. The van der Waals surface area contributed by atoms with Crippen LogP contribution in [-0.4, -0.2) is 22.9 Å². The topological polar surface area (TPSA) is 49.7 Å². The summed E-state index contributed by atoms with van der Waals surface area (Å²) in [6, 6.07) is 6.57. The molecule has 0 heterocycles. The van der Waals surface area contributed by atoms with Crippen molar-refractivity contribution >= 4 is 0 Å². The van der Waals surface area contributed by atoms with Gasteiger partial charge in [-0.05, 0) is 37.0 Å². The molecule has 2 N–H and O–H groups in total. The van der Waals surface area contributed by atoms with Crippen LogP contribution in [0.3, 0.4) is 0 Å². The molecule has 0 saturated heterocycles. The number of rotatable bonds is 4. The summed E-state index contributed by atoms with van der Waals surface area (Å²) in [4.78, 5) is 0. The van der Waals surface area contributed by atoms with E-state index in [1.165, 1.54) is 6.42 Å². The minimum Gasteiger partial charge on any atom is -0.508 e. The van der Waals surface area contributed by atoms with Crippen LogP contribution >= 0.6 is 0 Å². The number of aliphatic hydroxyl groups excluding tert-OH is 1. The number of benzene rings is 1. The summed E-state index contributed by atoms with van der Waals surface area (Å²) in [7, 11) is 0. The Hall–Kier alpha value is -1.06. The van der Waals surface area contributed by atoms with Crippen molar-refractivity contribution in [2.45, 2.75) is 31.5 Å². The maximum atomic E-state index is 9.77. The summed E-state index contributed by atoms with van der Waals surface area (Å²) < 4.78 is 5.51. The monoisotopic (exact) mass is 208 g/mol. The van der Waals surface area contributed by atoms with Gasteiger partial charge in [-0.3, -0.25) is 0 Å². The van der Waals surface area contributed by atoms with Crippen molar-refractivity contribution in [2.24, 2.45) is 0 Å². The smallest absolute Gasteiger partial charge is 0.115 e. The van der Waals surface area contributed by atoms with Gasteiger partial charge in [0, 0.05) is 0 Å². The van der Waals surface area contributed by atoms with Crippen molar-refractivity contribution in [1.82, 2.24) is 0 Å². The molecule has 1 atom stereocenters. The summed E-state index contributed by atoms with van der Waals surface area (Å²) in [5, 5.41) is 18.9. The number of aliphatic hydroxyl groups is 1. The predicted octanol–water partition coefficient (Wildman–Crippen LogP) is 1.99. The number of aromatic hydroxyl groups is 1. The van der Waals surface area contributed by atoms with Crippen LogP contribution in [0.2, 0.25) is 0 Å². The summed E-state index contributed by atoms with van der Waals surface area (Å²) in [5.74, 6) is 0.214. The van der Waals surface area contributed by atoms with Crippen molar-refractivity contribution in [3.05, 3.63) is 29.8 Å². The third-order valence-electron chi connectivity index (χ3n) is 2.82. The molecule has 3 nitrogen and oxygen atoms in total. The molecule has 15 heavy (non-hydrogen) atoms. The standard InChI is InChI=1S/C12H16O3/c13-10-6-4-9(5-7-10)12(14)8-15-11-2-1-3-11/h4-7,11-14H,1-3,8H2. The van der Waals surface area contributed by atoms with Gasteiger partial charge in [0.1, 0.15) is 11.9 Å². The maximum Gasteiger partial charge on any atom is 0.115 e. The lowest BCUT2D eigenvalue weighted by atomic mass is 9.96. The second-order valence-corrected chi connectivity index (χ2v) is 3.99. The predicted molar refractivity (Wildman–Crippen MR) is 56.7 cm³/mol. The van der Waals surface area contributed by atoms with Gasteiger partial charge in [0.05, 0.1) is 12.7 Å². The number of ether oxygens (including phenoxy) is 1. The Kier molecular flexibility index (Phi) is 3.23. The SMILES string of the molecule is Oc1ccc(C(O)COC2CCC2)cc1. The van der Waals surface area contributed by atoms with E-state index in [1.54, 1.807) is 24.3 Å². The first-order valence-electron chi connectivity index (χ1n) is 5.34. The third-order valence-corrected chi connectivity index (χ3v) is 2.82. The number of hydrogen-bond acceptors (Lipinski definition) is 3. The molecule has 1 unspecified atom stereocenters. The second-order valence-electron chi connectivity index (χ2n) is 3.99. The highest BCUT2D eigenvalue weighted by Crippen LogP contribution is 2.24. The first kappa shape index (κ1) is 10.5. The highest BCUT2D eigenvalue weighted by atomic mass is 16.5. The normalized spacial score (nSPS) is 18.5. The molecular weight excluding hydrogens is 192 g/mol. The van der Waals surface area contributed by atoms with Gasteiger partial charge >= 0.3 is 0 Å². The van der Waals surface area contributed by atoms with Gasteiger partial charge in [-0.2, -0.15) is 0 Å². The third kappa shape index (κ3) is 2.70. The Labute approximate surface area is 89.3 Å². The Morgan fingerprint density at radius 1 is 1.27 bits per heavy atom. The van der Waals surface area contributed by atoms with Crippen LogP contribution in [0.15, 0.2) is 24.3 Å². The summed E-state index contributed by atoms with van der Waals surface area (Å²) in [5.41, 5.74) is 0.784. The number of phenolic OH excluding ortho intramolecular Hbond substituents is 1. The Morgan fingerprint density at radius 2 is 1.93 bits per heavy atom. The van der Waals surface area contributed by atoms with E-state index < -0.39 is 6.10 Å². The first-order chi connectivity index (χ1) is 7.25. The molecule has 82 valence electrons. The lowest BCUT2D eigenvalue weighted by molar-refractivity contribution is -0.0426. The zero-order valence-electron chi connectivity index (χ0n) is 8.60. The molecule has 1 aromatic carbocycles. The molecule has 1 aromatic rings. The fraction of sp³-hybridized carbons (Fsp3) is 0.500. The Morgan fingerprint density at radius 3 is 2.47 bits per heavy atom. The van der Waals surface area contributed by atoms with Gasteiger partial charge in [-0.25, -0.2) is 0 Å². The molecule has 1 aliphatic carbocycles. The average Bonchev–Trinajstić information content (AvgIpc) is 2.16. The van der Waals surface area contributed by atoms with E-state index in [4.69, 9.17) is 9.84 Å². The van der Waals surface area contributed by atoms with Gasteiger partial charge in [-0.15, -0.1) is 0 Å². The quantitative estimate of drug-likeness (QED) is 0.795. The number of hydrogen-bond donors (Lipinski definition) is 2. The molecule has 1 aliphatic rings. The molecule has 2 rings (SSSR count). The van der Waals surface area contributed by atoms with Crippen LogP contribution in [-0.2, 0) is 4.74 Å². The van der Waals surface area contributed by atoms with Crippen LogP contribution in [0.5, 0.6) is 5.75 Å². The molecule has 0 aromatic heterocycles. The van der Waals surface area contributed by atoms with E-state index in [1.807, 2.05) is 0 Å². The molecule has 3 heteroatoms. The van der Waals surface area contributed by atoms with E-state index in [9.17, 15) is 5.11 Å². The highest BCUT2D eigenvalue weighted by molar-refractivity contribution is 5.27. The van der Waals surface area contributed by atoms with E-state index in [-0.39, 0.29) is 5.75 Å². The first-order valence-corrected chi connectivity index (χ1v) is 5.34. The molecule has 0 bridgehead atoms.